The first kappa shape index (κ1) is 15.6. The Labute approximate surface area is 113 Å². The van der Waals surface area contributed by atoms with Crippen molar-refractivity contribution in [1.29, 1.82) is 0 Å². The van der Waals surface area contributed by atoms with Crippen molar-refractivity contribution in [3.8, 4) is 0 Å². The topological polar surface area (TPSA) is 82.5 Å². The third-order valence-corrected chi connectivity index (χ3v) is 2.73. The highest BCUT2D eigenvalue weighted by Crippen LogP contribution is 2.15. The Bertz CT molecular complexity index is 413. The van der Waals surface area contributed by atoms with Gasteiger partial charge in [0.15, 0.2) is 0 Å². The van der Waals surface area contributed by atoms with E-state index in [1.807, 2.05) is 0 Å². The smallest absolute Gasteiger partial charge is 0.337 e. The van der Waals surface area contributed by atoms with Crippen molar-refractivity contribution in [2.75, 3.05) is 6.54 Å². The van der Waals surface area contributed by atoms with E-state index in [4.69, 9.17) is 5.11 Å². The molecule has 0 amide bonds. The van der Waals surface area contributed by atoms with Gasteiger partial charge < -0.3 is 15.5 Å². The summed E-state index contributed by atoms with van der Waals surface area (Å²) in [4.78, 5) is 14.7. The lowest BCUT2D eigenvalue weighted by Crippen LogP contribution is -2.38. The van der Waals surface area contributed by atoms with E-state index in [1.165, 1.54) is 12.3 Å². The summed E-state index contributed by atoms with van der Waals surface area (Å²) in [5, 5.41) is 22.0. The summed E-state index contributed by atoms with van der Waals surface area (Å²) < 4.78 is 0. The van der Waals surface area contributed by atoms with E-state index in [9.17, 15) is 9.90 Å². The average molecular weight is 266 g/mol. The number of aromatic carboxylic acids is 1. The highest BCUT2D eigenvalue weighted by molar-refractivity contribution is 5.87. The molecule has 106 valence electrons. The monoisotopic (exact) mass is 266 g/mol. The Balaban J connectivity index is 2.42. The second-order valence-corrected chi connectivity index (χ2v) is 5.54. The minimum Gasteiger partial charge on any atom is -0.478 e. The van der Waals surface area contributed by atoms with Gasteiger partial charge in [-0.3, -0.25) is 4.98 Å². The molecule has 1 atom stereocenters. The fourth-order valence-electron chi connectivity index (χ4n) is 2.07. The molecule has 1 aromatic rings. The molecule has 0 saturated carbocycles. The number of aliphatic hydroxyl groups is 1. The van der Waals surface area contributed by atoms with Gasteiger partial charge in [-0.15, -0.1) is 0 Å². The first-order valence-electron chi connectivity index (χ1n) is 6.41. The summed E-state index contributed by atoms with van der Waals surface area (Å²) in [6.45, 7) is 6.93. The molecule has 0 radical (unpaired) electrons. The van der Waals surface area contributed by atoms with Crippen LogP contribution in [-0.4, -0.2) is 33.3 Å². The Hall–Kier alpha value is -1.46. The van der Waals surface area contributed by atoms with Crippen LogP contribution in [0.2, 0.25) is 0 Å². The number of hydrogen-bond acceptors (Lipinski definition) is 4. The Kier molecular flexibility index (Phi) is 5.44. The maximum absolute atomic E-state index is 10.7. The van der Waals surface area contributed by atoms with Crippen LogP contribution in [0.3, 0.4) is 0 Å². The lowest BCUT2D eigenvalue weighted by atomic mass is 9.94. The van der Waals surface area contributed by atoms with E-state index in [2.05, 4.69) is 24.1 Å². The predicted molar refractivity (Wildman–Crippen MR) is 73.0 cm³/mol. The number of nitrogens with zero attached hydrogens (tertiary/aromatic N) is 1. The molecule has 0 fully saturated rings. The molecule has 0 spiro atoms. The van der Waals surface area contributed by atoms with Crippen LogP contribution in [0.1, 0.15) is 43.2 Å². The maximum atomic E-state index is 10.7. The summed E-state index contributed by atoms with van der Waals surface area (Å²) in [6, 6.07) is 3.20. The average Bonchev–Trinajstić information content (AvgIpc) is 2.27. The SMILES string of the molecule is CC(C)CC(C)(O)CNCc1ccc(C(=O)O)cn1. The van der Waals surface area contributed by atoms with Crippen molar-refractivity contribution < 1.29 is 15.0 Å². The van der Waals surface area contributed by atoms with Crippen LogP contribution in [0.4, 0.5) is 0 Å². The van der Waals surface area contributed by atoms with Crippen molar-refractivity contribution in [3.05, 3.63) is 29.6 Å². The Morgan fingerprint density at radius 2 is 2.16 bits per heavy atom. The number of nitrogens with one attached hydrogen (secondary N) is 1. The van der Waals surface area contributed by atoms with Crippen LogP contribution in [0.25, 0.3) is 0 Å². The lowest BCUT2D eigenvalue weighted by Gasteiger charge is -2.25. The largest absolute Gasteiger partial charge is 0.478 e. The van der Waals surface area contributed by atoms with Gasteiger partial charge >= 0.3 is 5.97 Å². The molecule has 19 heavy (non-hydrogen) atoms. The number of carboxylic acid groups (broad SMARTS) is 1. The Morgan fingerprint density at radius 1 is 1.47 bits per heavy atom. The molecule has 5 heteroatoms. The number of pyridine rings is 1. The third-order valence-electron chi connectivity index (χ3n) is 2.73. The molecule has 1 heterocycles. The fraction of sp³-hybridized carbons (Fsp3) is 0.571. The molecule has 3 N–H and O–H groups in total. The summed E-state index contributed by atoms with van der Waals surface area (Å²) in [5.74, 6) is -0.545. The third kappa shape index (κ3) is 5.81. The van der Waals surface area contributed by atoms with Gasteiger partial charge in [-0.2, -0.15) is 0 Å². The van der Waals surface area contributed by atoms with E-state index in [0.717, 1.165) is 12.1 Å². The molecule has 0 bridgehead atoms. The molecule has 1 aromatic heterocycles. The van der Waals surface area contributed by atoms with Crippen molar-refractivity contribution >= 4 is 5.97 Å². The van der Waals surface area contributed by atoms with Gasteiger partial charge in [-0.25, -0.2) is 4.79 Å². The second-order valence-electron chi connectivity index (χ2n) is 5.54. The normalized spacial score (nSPS) is 14.4. The van der Waals surface area contributed by atoms with E-state index >= 15 is 0 Å². The predicted octanol–water partition coefficient (Wildman–Crippen LogP) is 1.67. The zero-order valence-corrected chi connectivity index (χ0v) is 11.7. The van der Waals surface area contributed by atoms with E-state index < -0.39 is 11.6 Å². The van der Waals surface area contributed by atoms with Crippen LogP contribution in [0.5, 0.6) is 0 Å². The summed E-state index contributed by atoms with van der Waals surface area (Å²) in [5.41, 5.74) is 0.190. The second kappa shape index (κ2) is 6.63. The molecule has 1 rings (SSSR count). The Morgan fingerprint density at radius 3 is 2.63 bits per heavy atom. The van der Waals surface area contributed by atoms with Crippen molar-refractivity contribution in [2.24, 2.45) is 5.92 Å². The fourth-order valence-corrected chi connectivity index (χ4v) is 2.07. The number of carbonyl (C=O) groups is 1. The quantitative estimate of drug-likeness (QED) is 0.699. The van der Waals surface area contributed by atoms with Crippen molar-refractivity contribution in [2.45, 2.75) is 39.3 Å². The molecule has 5 nitrogen and oxygen atoms in total. The van der Waals surface area contributed by atoms with Crippen LogP contribution in [0, 0.1) is 5.92 Å². The highest BCUT2D eigenvalue weighted by atomic mass is 16.4. The van der Waals surface area contributed by atoms with E-state index in [0.29, 0.717) is 19.0 Å². The van der Waals surface area contributed by atoms with E-state index in [1.54, 1.807) is 13.0 Å². The molecule has 0 saturated heterocycles. The van der Waals surface area contributed by atoms with Crippen LogP contribution in [0.15, 0.2) is 18.3 Å². The van der Waals surface area contributed by atoms with Gasteiger partial charge in [0.05, 0.1) is 16.9 Å². The number of hydrogen-bond donors (Lipinski definition) is 3. The molecule has 0 aliphatic carbocycles. The lowest BCUT2D eigenvalue weighted by molar-refractivity contribution is 0.0382. The first-order valence-corrected chi connectivity index (χ1v) is 6.41. The zero-order chi connectivity index (χ0) is 14.5. The molecule has 0 aliphatic heterocycles. The van der Waals surface area contributed by atoms with Crippen molar-refractivity contribution in [1.82, 2.24) is 10.3 Å². The molecular formula is C14H22N2O3. The highest BCUT2D eigenvalue weighted by Gasteiger charge is 2.21. The van der Waals surface area contributed by atoms with Gasteiger partial charge in [-0.05, 0) is 31.4 Å². The molecule has 0 aliphatic rings. The van der Waals surface area contributed by atoms with Gasteiger partial charge in [-0.1, -0.05) is 13.8 Å². The van der Waals surface area contributed by atoms with Gasteiger partial charge in [0, 0.05) is 19.3 Å². The van der Waals surface area contributed by atoms with E-state index in [-0.39, 0.29) is 5.56 Å². The molecule has 0 aromatic carbocycles. The van der Waals surface area contributed by atoms with Crippen LogP contribution in [-0.2, 0) is 6.54 Å². The standard InChI is InChI=1S/C14H22N2O3/c1-10(2)6-14(3,19)9-15-8-12-5-4-11(7-16-12)13(17)18/h4-5,7,10,15,19H,6,8-9H2,1-3H3,(H,17,18). The maximum Gasteiger partial charge on any atom is 0.337 e. The van der Waals surface area contributed by atoms with Crippen molar-refractivity contribution in [3.63, 3.8) is 0 Å². The first-order chi connectivity index (χ1) is 8.80. The minimum atomic E-state index is -0.980. The zero-order valence-electron chi connectivity index (χ0n) is 11.7. The van der Waals surface area contributed by atoms with Gasteiger partial charge in [0.1, 0.15) is 0 Å². The summed E-state index contributed by atoms with van der Waals surface area (Å²) in [7, 11) is 0. The molecular weight excluding hydrogens is 244 g/mol. The van der Waals surface area contributed by atoms with Crippen LogP contribution >= 0.6 is 0 Å². The van der Waals surface area contributed by atoms with Crippen LogP contribution < -0.4 is 5.32 Å². The number of carboxylic acids is 1. The minimum absolute atomic E-state index is 0.176. The van der Waals surface area contributed by atoms with Gasteiger partial charge in [0.25, 0.3) is 0 Å². The number of rotatable bonds is 7. The summed E-state index contributed by atoms with van der Waals surface area (Å²) in [6.07, 6.45) is 2.07. The molecule has 1 unspecified atom stereocenters. The van der Waals surface area contributed by atoms with Gasteiger partial charge in [0.2, 0.25) is 0 Å². The number of aromatic nitrogens is 1. The summed E-state index contributed by atoms with van der Waals surface area (Å²) >= 11 is 0.